The first kappa shape index (κ1) is 16.3. The lowest BCUT2D eigenvalue weighted by Gasteiger charge is -2.09. The van der Waals surface area contributed by atoms with E-state index in [0.717, 1.165) is 12.1 Å². The molecule has 0 bridgehead atoms. The second-order valence-electron chi connectivity index (χ2n) is 3.46. The Balaban J connectivity index is 2.78. The highest BCUT2D eigenvalue weighted by molar-refractivity contribution is 9.10. The van der Waals surface area contributed by atoms with Crippen LogP contribution in [0, 0.1) is 18.2 Å². The van der Waals surface area contributed by atoms with Crippen LogP contribution < -0.4 is 10.5 Å². The molecule has 0 radical (unpaired) electrons. The first-order valence-corrected chi connectivity index (χ1v) is 8.57. The predicted molar refractivity (Wildman–Crippen MR) is 79.9 cm³/mol. The van der Waals surface area contributed by atoms with Crippen molar-refractivity contribution in [3.8, 4) is 12.3 Å². The molecule has 4 nitrogen and oxygen atoms in total. The maximum atomic E-state index is 13.1. The van der Waals surface area contributed by atoms with E-state index in [1.165, 1.54) is 11.8 Å². The number of anilines is 1. The van der Waals surface area contributed by atoms with E-state index in [-0.39, 0.29) is 21.6 Å². The Bertz CT molecular complexity index is 599. The highest BCUT2D eigenvalue weighted by atomic mass is 79.9. The molecule has 0 heterocycles. The molecule has 1 aromatic rings. The van der Waals surface area contributed by atoms with Crippen molar-refractivity contribution in [3.63, 3.8) is 0 Å². The summed E-state index contributed by atoms with van der Waals surface area (Å²) >= 11 is 4.44. The first-order chi connectivity index (χ1) is 8.88. The number of thioether (sulfide) groups is 1. The highest BCUT2D eigenvalue weighted by Gasteiger charge is 2.19. The zero-order valence-electron chi connectivity index (χ0n) is 9.82. The molecule has 0 aromatic heterocycles. The number of nitrogen functional groups attached to an aromatic ring is 1. The molecule has 0 aliphatic rings. The van der Waals surface area contributed by atoms with Gasteiger partial charge in [-0.2, -0.15) is 0 Å². The van der Waals surface area contributed by atoms with Gasteiger partial charge in [-0.05, 0) is 28.1 Å². The van der Waals surface area contributed by atoms with Gasteiger partial charge in [-0.15, -0.1) is 18.2 Å². The predicted octanol–water partition coefficient (Wildman–Crippen LogP) is 1.82. The molecule has 0 aliphatic carbocycles. The molecule has 0 spiro atoms. The summed E-state index contributed by atoms with van der Waals surface area (Å²) in [6.07, 6.45) is 5.07. The molecule has 1 rings (SSSR count). The average molecular weight is 367 g/mol. The molecule has 0 unspecified atom stereocenters. The standard InChI is InChI=1S/C11H12BrFN2O2S2/c1-2-4-18-5-3-15-19(16,17)11-7-10(14)9(13)6-8(11)12/h1,6-7,15H,3-5,14H2. The molecular weight excluding hydrogens is 355 g/mol. The Hall–Kier alpha value is -0.750. The molecule has 0 aliphatic heterocycles. The SMILES string of the molecule is C#CCSCCNS(=O)(=O)c1cc(N)c(F)cc1Br. The Kier molecular flexibility index (Phi) is 6.13. The van der Waals surface area contributed by atoms with E-state index in [2.05, 4.69) is 26.6 Å². The molecule has 0 fully saturated rings. The number of terminal acetylenes is 1. The lowest BCUT2D eigenvalue weighted by Crippen LogP contribution is -2.26. The van der Waals surface area contributed by atoms with Crippen molar-refractivity contribution in [2.75, 3.05) is 23.8 Å². The van der Waals surface area contributed by atoms with Gasteiger partial charge in [0.25, 0.3) is 0 Å². The Labute approximate surface area is 124 Å². The maximum absolute atomic E-state index is 13.1. The Morgan fingerprint density at radius 2 is 2.21 bits per heavy atom. The second kappa shape index (κ2) is 7.14. The van der Waals surface area contributed by atoms with Crippen molar-refractivity contribution in [1.29, 1.82) is 0 Å². The minimum atomic E-state index is -3.73. The van der Waals surface area contributed by atoms with Crippen LogP contribution in [0.25, 0.3) is 0 Å². The number of nitrogens with one attached hydrogen (secondary N) is 1. The summed E-state index contributed by atoms with van der Waals surface area (Å²) in [4.78, 5) is -0.0895. The number of halogens is 2. The summed E-state index contributed by atoms with van der Waals surface area (Å²) in [6.45, 7) is 0.235. The average Bonchev–Trinajstić information content (AvgIpc) is 2.33. The number of benzene rings is 1. The van der Waals surface area contributed by atoms with Crippen LogP contribution in [-0.2, 0) is 10.0 Å². The quantitative estimate of drug-likeness (QED) is 0.457. The van der Waals surface area contributed by atoms with E-state index in [9.17, 15) is 12.8 Å². The van der Waals surface area contributed by atoms with Gasteiger partial charge in [0.15, 0.2) is 0 Å². The number of hydrogen-bond acceptors (Lipinski definition) is 4. The summed E-state index contributed by atoms with van der Waals surface area (Å²) in [5.41, 5.74) is 5.15. The summed E-state index contributed by atoms with van der Waals surface area (Å²) in [5, 5.41) is 0. The smallest absolute Gasteiger partial charge is 0.241 e. The summed E-state index contributed by atoms with van der Waals surface area (Å²) in [6, 6.07) is 2.10. The molecule has 0 amide bonds. The number of sulfonamides is 1. The largest absolute Gasteiger partial charge is 0.396 e. The van der Waals surface area contributed by atoms with Gasteiger partial charge >= 0.3 is 0 Å². The van der Waals surface area contributed by atoms with Crippen molar-refractivity contribution >= 4 is 43.4 Å². The molecule has 8 heteroatoms. The molecule has 0 saturated carbocycles. The van der Waals surface area contributed by atoms with Gasteiger partial charge in [-0.3, -0.25) is 0 Å². The summed E-state index contributed by atoms with van der Waals surface area (Å²) in [5.74, 6) is 2.84. The molecule has 1 aromatic carbocycles. The van der Waals surface area contributed by atoms with Crippen LogP contribution in [0.2, 0.25) is 0 Å². The fourth-order valence-electron chi connectivity index (χ4n) is 1.21. The monoisotopic (exact) mass is 366 g/mol. The van der Waals surface area contributed by atoms with E-state index in [1.807, 2.05) is 0 Å². The molecule has 0 atom stereocenters. The third kappa shape index (κ3) is 4.69. The van der Waals surface area contributed by atoms with Crippen LogP contribution in [0.1, 0.15) is 0 Å². The molecule has 3 N–H and O–H groups in total. The minimum absolute atomic E-state index is 0.0895. The fourth-order valence-corrected chi connectivity index (χ4v) is 3.92. The van der Waals surface area contributed by atoms with E-state index in [4.69, 9.17) is 12.2 Å². The van der Waals surface area contributed by atoms with Gasteiger partial charge in [0.1, 0.15) is 5.82 Å². The van der Waals surface area contributed by atoms with Crippen molar-refractivity contribution < 1.29 is 12.8 Å². The molecular formula is C11H12BrFN2O2S2. The van der Waals surface area contributed by atoms with Crippen molar-refractivity contribution in [1.82, 2.24) is 4.72 Å². The number of rotatable bonds is 6. The van der Waals surface area contributed by atoms with Crippen LogP contribution in [-0.4, -0.2) is 26.5 Å². The van der Waals surface area contributed by atoms with Crippen molar-refractivity contribution in [2.45, 2.75) is 4.90 Å². The van der Waals surface area contributed by atoms with Gasteiger partial charge in [0.2, 0.25) is 10.0 Å². The van der Waals surface area contributed by atoms with Gasteiger partial charge < -0.3 is 5.73 Å². The van der Waals surface area contributed by atoms with E-state index >= 15 is 0 Å². The lowest BCUT2D eigenvalue weighted by molar-refractivity contribution is 0.582. The van der Waals surface area contributed by atoms with Crippen LogP contribution in [0.15, 0.2) is 21.5 Å². The van der Waals surface area contributed by atoms with Gasteiger partial charge in [0, 0.05) is 16.8 Å². The lowest BCUT2D eigenvalue weighted by atomic mass is 10.3. The third-order valence-corrected chi connectivity index (χ3v) is 5.35. The zero-order valence-corrected chi connectivity index (χ0v) is 13.0. The van der Waals surface area contributed by atoms with Crippen LogP contribution in [0.3, 0.4) is 0 Å². The molecule has 19 heavy (non-hydrogen) atoms. The van der Waals surface area contributed by atoms with Crippen molar-refractivity contribution in [3.05, 3.63) is 22.4 Å². The topological polar surface area (TPSA) is 72.2 Å². The maximum Gasteiger partial charge on any atom is 0.241 e. The van der Waals surface area contributed by atoms with E-state index in [1.54, 1.807) is 0 Å². The Morgan fingerprint density at radius 3 is 2.84 bits per heavy atom. The van der Waals surface area contributed by atoms with Crippen LogP contribution in [0.4, 0.5) is 10.1 Å². The second-order valence-corrected chi connectivity index (χ2v) is 7.15. The van der Waals surface area contributed by atoms with Crippen LogP contribution in [0.5, 0.6) is 0 Å². The van der Waals surface area contributed by atoms with Crippen molar-refractivity contribution in [2.24, 2.45) is 0 Å². The van der Waals surface area contributed by atoms with E-state index in [0.29, 0.717) is 11.5 Å². The third-order valence-electron chi connectivity index (χ3n) is 2.06. The minimum Gasteiger partial charge on any atom is -0.396 e. The van der Waals surface area contributed by atoms with Gasteiger partial charge in [-0.1, -0.05) is 5.92 Å². The number of hydrogen-bond donors (Lipinski definition) is 2. The number of nitrogens with two attached hydrogens (primary N) is 1. The zero-order chi connectivity index (χ0) is 14.5. The van der Waals surface area contributed by atoms with Gasteiger partial charge in [0.05, 0.1) is 16.3 Å². The normalized spacial score (nSPS) is 11.2. The molecule has 0 saturated heterocycles. The fraction of sp³-hybridized carbons (Fsp3) is 0.273. The highest BCUT2D eigenvalue weighted by Crippen LogP contribution is 2.26. The first-order valence-electron chi connectivity index (χ1n) is 5.14. The summed E-state index contributed by atoms with van der Waals surface area (Å²) in [7, 11) is -3.73. The molecule has 104 valence electrons. The summed E-state index contributed by atoms with van der Waals surface area (Å²) < 4.78 is 39.6. The van der Waals surface area contributed by atoms with Gasteiger partial charge in [-0.25, -0.2) is 17.5 Å². The van der Waals surface area contributed by atoms with E-state index < -0.39 is 15.8 Å². The Morgan fingerprint density at radius 1 is 1.53 bits per heavy atom. The van der Waals surface area contributed by atoms with Crippen LogP contribution >= 0.6 is 27.7 Å².